The first-order chi connectivity index (χ1) is 13.3. The number of rotatable bonds is 6. The maximum Gasteiger partial charge on any atom is 0.236 e. The van der Waals surface area contributed by atoms with Crippen molar-refractivity contribution in [2.24, 2.45) is 0 Å². The van der Waals surface area contributed by atoms with Crippen LogP contribution in [0.1, 0.15) is 24.2 Å². The number of piperazine rings is 1. The van der Waals surface area contributed by atoms with Crippen molar-refractivity contribution in [1.29, 1.82) is 0 Å². The topological polar surface area (TPSA) is 39.9 Å². The van der Waals surface area contributed by atoms with Gasteiger partial charge in [-0.2, -0.15) is 0 Å². The molecule has 27 heavy (non-hydrogen) atoms. The highest BCUT2D eigenvalue weighted by atomic mass is 16.3. The molecule has 0 atom stereocenters. The highest BCUT2D eigenvalue weighted by molar-refractivity contribution is 5.79. The van der Waals surface area contributed by atoms with Gasteiger partial charge in [-0.15, -0.1) is 0 Å². The van der Waals surface area contributed by atoms with Crippen molar-refractivity contribution in [3.63, 3.8) is 0 Å². The molecule has 0 radical (unpaired) electrons. The van der Waals surface area contributed by atoms with Gasteiger partial charge in [-0.1, -0.05) is 30.3 Å². The molecular weight excluding hydrogens is 338 g/mol. The molecule has 2 saturated heterocycles. The number of likely N-dealkylation sites (tertiary alicyclic amines) is 1. The van der Waals surface area contributed by atoms with E-state index in [2.05, 4.69) is 34.1 Å². The van der Waals surface area contributed by atoms with E-state index in [4.69, 9.17) is 4.42 Å². The number of nitrogens with zero attached hydrogens (tertiary/aromatic N) is 3. The molecule has 2 aromatic rings. The van der Waals surface area contributed by atoms with Crippen LogP contribution in [0.25, 0.3) is 0 Å². The van der Waals surface area contributed by atoms with Crippen molar-refractivity contribution in [3.05, 3.63) is 60.1 Å². The van der Waals surface area contributed by atoms with Gasteiger partial charge in [-0.25, -0.2) is 0 Å². The lowest BCUT2D eigenvalue weighted by molar-refractivity contribution is -0.137. The van der Waals surface area contributed by atoms with Crippen LogP contribution in [0.15, 0.2) is 53.1 Å². The predicted molar refractivity (Wildman–Crippen MR) is 105 cm³/mol. The summed E-state index contributed by atoms with van der Waals surface area (Å²) in [5.41, 5.74) is 1.30. The SMILES string of the molecule is O=C1CN(C2CCN(Cc3ccco3)CC2)CCN1CCc1ccccc1. The number of carbonyl (C=O) groups is 1. The zero-order valence-corrected chi connectivity index (χ0v) is 15.9. The summed E-state index contributed by atoms with van der Waals surface area (Å²) in [4.78, 5) is 19.5. The summed E-state index contributed by atoms with van der Waals surface area (Å²) in [7, 11) is 0. The van der Waals surface area contributed by atoms with Crippen LogP contribution in [0.3, 0.4) is 0 Å². The molecule has 0 unspecified atom stereocenters. The van der Waals surface area contributed by atoms with Crippen LogP contribution in [0.2, 0.25) is 0 Å². The van der Waals surface area contributed by atoms with Crippen molar-refractivity contribution in [2.75, 3.05) is 39.3 Å². The van der Waals surface area contributed by atoms with E-state index < -0.39 is 0 Å². The van der Waals surface area contributed by atoms with Crippen molar-refractivity contribution >= 4 is 5.91 Å². The highest BCUT2D eigenvalue weighted by Crippen LogP contribution is 2.20. The molecule has 0 spiro atoms. The summed E-state index contributed by atoms with van der Waals surface area (Å²) in [6.07, 6.45) is 4.96. The molecule has 5 heteroatoms. The Kier molecular flexibility index (Phi) is 5.90. The number of benzene rings is 1. The third-order valence-corrected chi connectivity index (χ3v) is 5.89. The Bertz CT molecular complexity index is 708. The quantitative estimate of drug-likeness (QED) is 0.787. The van der Waals surface area contributed by atoms with Gasteiger partial charge in [0.25, 0.3) is 0 Å². The van der Waals surface area contributed by atoms with Crippen molar-refractivity contribution in [1.82, 2.24) is 14.7 Å². The summed E-state index contributed by atoms with van der Waals surface area (Å²) in [5.74, 6) is 1.32. The smallest absolute Gasteiger partial charge is 0.236 e. The van der Waals surface area contributed by atoms with Gasteiger partial charge < -0.3 is 9.32 Å². The van der Waals surface area contributed by atoms with E-state index in [0.29, 0.717) is 12.6 Å². The van der Waals surface area contributed by atoms with Gasteiger partial charge in [-0.05, 0) is 37.0 Å². The molecule has 4 rings (SSSR count). The number of hydrogen-bond donors (Lipinski definition) is 0. The van der Waals surface area contributed by atoms with Crippen molar-refractivity contribution in [2.45, 2.75) is 31.8 Å². The zero-order valence-electron chi connectivity index (χ0n) is 15.9. The minimum atomic E-state index is 0.287. The summed E-state index contributed by atoms with van der Waals surface area (Å²) in [6, 6.07) is 15.0. The van der Waals surface area contributed by atoms with Gasteiger partial charge in [0.05, 0.1) is 19.4 Å². The fourth-order valence-corrected chi connectivity index (χ4v) is 4.25. The fourth-order valence-electron chi connectivity index (χ4n) is 4.25. The Balaban J connectivity index is 1.21. The van der Waals surface area contributed by atoms with E-state index >= 15 is 0 Å². The summed E-state index contributed by atoms with van der Waals surface area (Å²) < 4.78 is 5.46. The van der Waals surface area contributed by atoms with Crippen LogP contribution in [-0.2, 0) is 17.8 Å². The first-order valence-corrected chi connectivity index (χ1v) is 10.1. The van der Waals surface area contributed by atoms with Crippen molar-refractivity contribution in [3.8, 4) is 0 Å². The Morgan fingerprint density at radius 1 is 0.963 bits per heavy atom. The van der Waals surface area contributed by atoms with Crippen LogP contribution < -0.4 is 0 Å². The van der Waals surface area contributed by atoms with Gasteiger partial charge >= 0.3 is 0 Å². The average molecular weight is 367 g/mol. The molecule has 144 valence electrons. The number of furan rings is 1. The van der Waals surface area contributed by atoms with Gasteiger partial charge in [0.1, 0.15) is 5.76 Å². The number of piperidine rings is 1. The van der Waals surface area contributed by atoms with Crippen LogP contribution >= 0.6 is 0 Å². The minimum absolute atomic E-state index is 0.287. The number of hydrogen-bond acceptors (Lipinski definition) is 4. The van der Waals surface area contributed by atoms with Crippen molar-refractivity contribution < 1.29 is 9.21 Å². The Labute approximate surface area is 161 Å². The van der Waals surface area contributed by atoms with Crippen LogP contribution in [0, 0.1) is 0 Å². The van der Waals surface area contributed by atoms with Gasteiger partial charge in [0.2, 0.25) is 5.91 Å². The maximum absolute atomic E-state index is 12.6. The van der Waals surface area contributed by atoms with E-state index in [9.17, 15) is 4.79 Å². The summed E-state index contributed by atoms with van der Waals surface area (Å²) in [6.45, 7) is 6.32. The van der Waals surface area contributed by atoms with Crippen LogP contribution in [0.5, 0.6) is 0 Å². The second-order valence-corrected chi connectivity index (χ2v) is 7.67. The largest absolute Gasteiger partial charge is 0.468 e. The third kappa shape index (κ3) is 4.79. The Hall–Kier alpha value is -2.11. The Morgan fingerprint density at radius 2 is 1.78 bits per heavy atom. The molecule has 1 aromatic heterocycles. The predicted octanol–water partition coefficient (Wildman–Crippen LogP) is 2.63. The average Bonchev–Trinajstić information content (AvgIpc) is 3.21. The molecular formula is C22H29N3O2. The van der Waals surface area contributed by atoms with Crippen LogP contribution in [-0.4, -0.2) is 65.9 Å². The number of carbonyl (C=O) groups excluding carboxylic acids is 1. The van der Waals surface area contributed by atoms with E-state index in [0.717, 1.165) is 64.3 Å². The molecule has 0 aliphatic carbocycles. The molecule has 2 aliphatic heterocycles. The normalized spacial score (nSPS) is 20.3. The van der Waals surface area contributed by atoms with Crippen LogP contribution in [0.4, 0.5) is 0 Å². The third-order valence-electron chi connectivity index (χ3n) is 5.89. The lowest BCUT2D eigenvalue weighted by atomic mass is 10.0. The molecule has 0 saturated carbocycles. The second kappa shape index (κ2) is 8.72. The molecule has 5 nitrogen and oxygen atoms in total. The molecule has 2 fully saturated rings. The minimum Gasteiger partial charge on any atom is -0.468 e. The zero-order chi connectivity index (χ0) is 18.5. The molecule has 3 heterocycles. The lowest BCUT2D eigenvalue weighted by Gasteiger charge is -2.42. The molecule has 1 aromatic carbocycles. The van der Waals surface area contributed by atoms with Gasteiger partial charge in [0, 0.05) is 38.8 Å². The van der Waals surface area contributed by atoms with E-state index in [1.165, 1.54) is 5.56 Å². The molecule has 1 amide bonds. The molecule has 0 N–H and O–H groups in total. The van der Waals surface area contributed by atoms with Gasteiger partial charge in [-0.3, -0.25) is 14.6 Å². The second-order valence-electron chi connectivity index (χ2n) is 7.67. The van der Waals surface area contributed by atoms with E-state index in [1.54, 1.807) is 6.26 Å². The first-order valence-electron chi connectivity index (χ1n) is 10.1. The lowest BCUT2D eigenvalue weighted by Crippen LogP contribution is -2.55. The standard InChI is InChI=1S/C22H29N3O2/c26-22-18-25(15-14-24(22)13-8-19-5-2-1-3-6-19)20-9-11-23(12-10-20)17-21-7-4-16-27-21/h1-7,16,20H,8-15,17-18H2. The van der Waals surface area contributed by atoms with E-state index in [-0.39, 0.29) is 5.91 Å². The number of amides is 1. The fraction of sp³-hybridized carbons (Fsp3) is 0.500. The molecule has 2 aliphatic rings. The van der Waals surface area contributed by atoms with Gasteiger partial charge in [0.15, 0.2) is 0 Å². The summed E-state index contributed by atoms with van der Waals surface area (Å²) >= 11 is 0. The summed E-state index contributed by atoms with van der Waals surface area (Å²) in [5, 5.41) is 0. The van der Waals surface area contributed by atoms with E-state index in [1.807, 2.05) is 23.1 Å². The monoisotopic (exact) mass is 367 g/mol. The maximum atomic E-state index is 12.6. The first kappa shape index (κ1) is 18.3. The Morgan fingerprint density at radius 3 is 2.48 bits per heavy atom. The highest BCUT2D eigenvalue weighted by Gasteiger charge is 2.30. The molecule has 0 bridgehead atoms.